The number of carbonyl (C=O) groups excluding carboxylic acids is 1. The topological polar surface area (TPSA) is 66.4 Å². The highest BCUT2D eigenvalue weighted by Gasteiger charge is 2.34. The molecular formula is C15H18ClNO3. The molecule has 0 spiro atoms. The molecule has 1 aromatic carbocycles. The van der Waals surface area contributed by atoms with Crippen LogP contribution in [0, 0.1) is 11.8 Å². The van der Waals surface area contributed by atoms with E-state index in [9.17, 15) is 9.59 Å². The lowest BCUT2D eigenvalue weighted by molar-refractivity contribution is -0.141. The van der Waals surface area contributed by atoms with Crippen molar-refractivity contribution in [2.75, 3.05) is 0 Å². The lowest BCUT2D eigenvalue weighted by atomic mass is 10.0. The van der Waals surface area contributed by atoms with E-state index < -0.39 is 5.97 Å². The van der Waals surface area contributed by atoms with Crippen LogP contribution in [0.4, 0.5) is 0 Å². The summed E-state index contributed by atoms with van der Waals surface area (Å²) in [7, 11) is 0. The standard InChI is InChI=1S/C15H18ClNO3/c1-9(12-4-2-3-5-13(12)16)17-14(18)10-6-7-11(8-10)15(19)20/h2-5,9-11H,6-8H2,1H3,(H,17,18)(H,19,20)/t9-,10?,11?/m1/s1. The van der Waals surface area contributed by atoms with Crippen molar-refractivity contribution >= 4 is 23.5 Å². The molecule has 3 atom stereocenters. The monoisotopic (exact) mass is 295 g/mol. The van der Waals surface area contributed by atoms with Crippen LogP contribution in [0.25, 0.3) is 0 Å². The highest BCUT2D eigenvalue weighted by molar-refractivity contribution is 6.31. The van der Waals surface area contributed by atoms with Crippen molar-refractivity contribution in [1.29, 1.82) is 0 Å². The number of hydrogen-bond acceptors (Lipinski definition) is 2. The summed E-state index contributed by atoms with van der Waals surface area (Å²) in [4.78, 5) is 23.1. The first kappa shape index (κ1) is 14.9. The fraction of sp³-hybridized carbons (Fsp3) is 0.467. The quantitative estimate of drug-likeness (QED) is 0.897. The van der Waals surface area contributed by atoms with E-state index in [1.807, 2.05) is 25.1 Å². The number of carboxylic acid groups (broad SMARTS) is 1. The smallest absolute Gasteiger partial charge is 0.306 e. The predicted molar refractivity (Wildman–Crippen MR) is 76.5 cm³/mol. The Hall–Kier alpha value is -1.55. The summed E-state index contributed by atoms with van der Waals surface area (Å²) in [6.07, 6.45) is 1.64. The van der Waals surface area contributed by atoms with Gasteiger partial charge in [-0.2, -0.15) is 0 Å². The van der Waals surface area contributed by atoms with E-state index in [-0.39, 0.29) is 23.8 Å². The summed E-state index contributed by atoms with van der Waals surface area (Å²) < 4.78 is 0. The van der Waals surface area contributed by atoms with E-state index in [2.05, 4.69) is 5.32 Å². The highest BCUT2D eigenvalue weighted by Crippen LogP contribution is 2.32. The third kappa shape index (κ3) is 3.31. The van der Waals surface area contributed by atoms with Crippen molar-refractivity contribution in [3.63, 3.8) is 0 Å². The Labute approximate surface area is 123 Å². The van der Waals surface area contributed by atoms with E-state index in [4.69, 9.17) is 16.7 Å². The zero-order valence-electron chi connectivity index (χ0n) is 11.3. The maximum absolute atomic E-state index is 12.2. The van der Waals surface area contributed by atoms with Gasteiger partial charge in [-0.3, -0.25) is 9.59 Å². The van der Waals surface area contributed by atoms with Gasteiger partial charge in [-0.1, -0.05) is 29.8 Å². The molecule has 5 heteroatoms. The molecule has 20 heavy (non-hydrogen) atoms. The summed E-state index contributed by atoms with van der Waals surface area (Å²) in [5.74, 6) is -1.48. The van der Waals surface area contributed by atoms with Crippen molar-refractivity contribution in [1.82, 2.24) is 5.32 Å². The second-order valence-electron chi connectivity index (χ2n) is 5.30. The van der Waals surface area contributed by atoms with Crippen LogP contribution in [0.5, 0.6) is 0 Å². The van der Waals surface area contributed by atoms with Gasteiger partial charge in [0.15, 0.2) is 0 Å². The van der Waals surface area contributed by atoms with Crippen molar-refractivity contribution < 1.29 is 14.7 Å². The largest absolute Gasteiger partial charge is 0.481 e. The van der Waals surface area contributed by atoms with E-state index in [1.165, 1.54) is 0 Å². The first-order chi connectivity index (χ1) is 9.49. The third-order valence-corrected chi connectivity index (χ3v) is 4.23. The average molecular weight is 296 g/mol. The van der Waals surface area contributed by atoms with E-state index in [1.54, 1.807) is 6.07 Å². The molecule has 4 nitrogen and oxygen atoms in total. The number of rotatable bonds is 4. The minimum absolute atomic E-state index is 0.0823. The van der Waals surface area contributed by atoms with Gasteiger partial charge >= 0.3 is 5.97 Å². The molecule has 2 rings (SSSR count). The van der Waals surface area contributed by atoms with Gasteiger partial charge in [-0.25, -0.2) is 0 Å². The molecule has 2 unspecified atom stereocenters. The Morgan fingerprint density at radius 1 is 1.30 bits per heavy atom. The molecule has 0 aromatic heterocycles. The first-order valence-corrected chi connectivity index (χ1v) is 7.14. The molecule has 1 amide bonds. The molecule has 2 N–H and O–H groups in total. The number of aliphatic carboxylic acids is 1. The van der Waals surface area contributed by atoms with Gasteiger partial charge in [-0.05, 0) is 37.8 Å². The Balaban J connectivity index is 1.95. The van der Waals surface area contributed by atoms with E-state index in [0.717, 1.165) is 5.56 Å². The lowest BCUT2D eigenvalue weighted by Gasteiger charge is -2.18. The highest BCUT2D eigenvalue weighted by atomic mass is 35.5. The van der Waals surface area contributed by atoms with Crippen LogP contribution in [-0.4, -0.2) is 17.0 Å². The second kappa shape index (κ2) is 6.27. The van der Waals surface area contributed by atoms with Crippen LogP contribution in [0.2, 0.25) is 5.02 Å². The predicted octanol–water partition coefficient (Wildman–Crippen LogP) is 3.02. The number of carbonyl (C=O) groups is 2. The van der Waals surface area contributed by atoms with Gasteiger partial charge in [0.05, 0.1) is 12.0 Å². The third-order valence-electron chi connectivity index (χ3n) is 3.88. The molecule has 1 aliphatic rings. The Bertz CT molecular complexity index is 518. The van der Waals surface area contributed by atoms with Crippen LogP contribution in [0.3, 0.4) is 0 Å². The molecule has 108 valence electrons. The van der Waals surface area contributed by atoms with Crippen LogP contribution < -0.4 is 5.32 Å². The van der Waals surface area contributed by atoms with Crippen LogP contribution in [-0.2, 0) is 9.59 Å². The van der Waals surface area contributed by atoms with Gasteiger partial charge in [-0.15, -0.1) is 0 Å². The van der Waals surface area contributed by atoms with Crippen LogP contribution in [0.1, 0.15) is 37.8 Å². The van der Waals surface area contributed by atoms with Gasteiger partial charge in [0.25, 0.3) is 0 Å². The molecule has 0 heterocycles. The second-order valence-corrected chi connectivity index (χ2v) is 5.70. The maximum atomic E-state index is 12.2. The van der Waals surface area contributed by atoms with E-state index in [0.29, 0.717) is 24.3 Å². The number of amides is 1. The molecule has 0 saturated heterocycles. The van der Waals surface area contributed by atoms with Crippen molar-refractivity contribution in [2.24, 2.45) is 11.8 Å². The molecule has 1 saturated carbocycles. The average Bonchev–Trinajstić information content (AvgIpc) is 2.88. The molecular weight excluding hydrogens is 278 g/mol. The summed E-state index contributed by atoms with van der Waals surface area (Å²) in [6.45, 7) is 1.88. The normalized spacial score (nSPS) is 23.3. The Morgan fingerprint density at radius 3 is 2.55 bits per heavy atom. The summed E-state index contributed by atoms with van der Waals surface area (Å²) in [6, 6.07) is 7.20. The summed E-state index contributed by atoms with van der Waals surface area (Å²) in [5, 5.41) is 12.5. The van der Waals surface area contributed by atoms with Gasteiger partial charge in [0, 0.05) is 10.9 Å². The zero-order valence-corrected chi connectivity index (χ0v) is 12.1. The number of nitrogens with one attached hydrogen (secondary N) is 1. The molecule has 1 fully saturated rings. The summed E-state index contributed by atoms with van der Waals surface area (Å²) >= 11 is 6.10. The number of benzene rings is 1. The van der Waals surface area contributed by atoms with Crippen molar-refractivity contribution in [2.45, 2.75) is 32.2 Å². The van der Waals surface area contributed by atoms with Crippen LogP contribution >= 0.6 is 11.6 Å². The fourth-order valence-electron chi connectivity index (χ4n) is 2.68. The van der Waals surface area contributed by atoms with Gasteiger partial charge in [0.2, 0.25) is 5.91 Å². The first-order valence-electron chi connectivity index (χ1n) is 6.76. The van der Waals surface area contributed by atoms with Crippen LogP contribution in [0.15, 0.2) is 24.3 Å². The fourth-order valence-corrected chi connectivity index (χ4v) is 2.98. The number of hydrogen-bond donors (Lipinski definition) is 2. The maximum Gasteiger partial charge on any atom is 0.306 e. The summed E-state index contributed by atoms with van der Waals surface area (Å²) in [5.41, 5.74) is 0.871. The molecule has 1 aromatic rings. The van der Waals surface area contributed by atoms with Gasteiger partial charge in [0.1, 0.15) is 0 Å². The van der Waals surface area contributed by atoms with E-state index >= 15 is 0 Å². The lowest BCUT2D eigenvalue weighted by Crippen LogP contribution is -2.32. The minimum Gasteiger partial charge on any atom is -0.481 e. The SMILES string of the molecule is C[C@@H](NC(=O)C1CCC(C(=O)O)C1)c1ccccc1Cl. The molecule has 0 radical (unpaired) electrons. The molecule has 0 bridgehead atoms. The van der Waals surface area contributed by atoms with Crippen molar-refractivity contribution in [3.05, 3.63) is 34.9 Å². The minimum atomic E-state index is -0.806. The molecule has 1 aliphatic carbocycles. The number of halogens is 1. The molecule has 0 aliphatic heterocycles. The zero-order chi connectivity index (χ0) is 14.7. The van der Waals surface area contributed by atoms with Crippen molar-refractivity contribution in [3.8, 4) is 0 Å². The Morgan fingerprint density at radius 2 is 1.95 bits per heavy atom. The number of carboxylic acids is 1. The Kier molecular flexibility index (Phi) is 4.65. The van der Waals surface area contributed by atoms with Gasteiger partial charge < -0.3 is 10.4 Å².